The van der Waals surface area contributed by atoms with Gasteiger partial charge in [-0.3, -0.25) is 4.79 Å². The molecule has 1 atom stereocenters. The van der Waals surface area contributed by atoms with Gasteiger partial charge in [0.2, 0.25) is 0 Å². The van der Waals surface area contributed by atoms with Gasteiger partial charge >= 0.3 is 0 Å². The van der Waals surface area contributed by atoms with Crippen molar-refractivity contribution >= 4 is 17.5 Å². The van der Waals surface area contributed by atoms with Crippen molar-refractivity contribution in [3.63, 3.8) is 0 Å². The van der Waals surface area contributed by atoms with Gasteiger partial charge in [-0.2, -0.15) is 11.8 Å². The molecule has 2 heteroatoms. The molecule has 0 aromatic rings. The van der Waals surface area contributed by atoms with Crippen LogP contribution < -0.4 is 0 Å². The van der Waals surface area contributed by atoms with Crippen molar-refractivity contribution in [3.05, 3.63) is 12.2 Å². The maximum Gasteiger partial charge on any atom is 0.152 e. The van der Waals surface area contributed by atoms with E-state index in [1.165, 1.54) is 24.3 Å². The van der Waals surface area contributed by atoms with Crippen molar-refractivity contribution in [2.45, 2.75) is 19.8 Å². The summed E-state index contributed by atoms with van der Waals surface area (Å²) in [6.45, 7) is 1.60. The van der Waals surface area contributed by atoms with Gasteiger partial charge < -0.3 is 0 Å². The van der Waals surface area contributed by atoms with Crippen LogP contribution in [-0.2, 0) is 4.79 Å². The van der Waals surface area contributed by atoms with Gasteiger partial charge in [-0.1, -0.05) is 6.08 Å². The molecule has 1 heterocycles. The van der Waals surface area contributed by atoms with Gasteiger partial charge in [-0.05, 0) is 43.3 Å². The third-order valence-electron chi connectivity index (χ3n) is 1.80. The molecule has 62 valence electrons. The van der Waals surface area contributed by atoms with Crippen LogP contribution in [0, 0.1) is 5.92 Å². The van der Waals surface area contributed by atoms with E-state index in [-0.39, 0.29) is 5.78 Å². The first-order valence-corrected chi connectivity index (χ1v) is 5.21. The number of ketones is 1. The lowest BCUT2D eigenvalue weighted by molar-refractivity contribution is -0.112. The number of allylic oxidation sites excluding steroid dienone is 2. The van der Waals surface area contributed by atoms with Crippen LogP contribution in [-0.4, -0.2) is 17.3 Å². The van der Waals surface area contributed by atoms with Crippen LogP contribution >= 0.6 is 11.8 Å². The van der Waals surface area contributed by atoms with Crippen LogP contribution in [0.3, 0.4) is 0 Å². The van der Waals surface area contributed by atoms with E-state index in [9.17, 15) is 4.79 Å². The molecule has 0 aromatic carbocycles. The molecule has 0 radical (unpaired) electrons. The number of thioether (sulfide) groups is 1. The molecule has 0 aromatic heterocycles. The lowest BCUT2D eigenvalue weighted by Crippen LogP contribution is -2.07. The maximum atomic E-state index is 10.6. The smallest absolute Gasteiger partial charge is 0.152 e. The van der Waals surface area contributed by atoms with Gasteiger partial charge in [0.05, 0.1) is 0 Å². The molecule has 0 aliphatic carbocycles. The largest absolute Gasteiger partial charge is 0.295 e. The van der Waals surface area contributed by atoms with E-state index < -0.39 is 0 Å². The summed E-state index contributed by atoms with van der Waals surface area (Å²) in [5, 5.41) is 0. The molecule has 1 saturated heterocycles. The number of carbonyl (C=O) groups excluding carboxylic acids is 1. The Kier molecular flexibility index (Phi) is 3.70. The van der Waals surface area contributed by atoms with Crippen molar-refractivity contribution in [2.75, 3.05) is 11.5 Å². The van der Waals surface area contributed by atoms with Gasteiger partial charge in [0.15, 0.2) is 5.78 Å². The average molecular weight is 170 g/mol. The van der Waals surface area contributed by atoms with E-state index in [2.05, 4.69) is 6.08 Å². The molecular weight excluding hydrogens is 156 g/mol. The van der Waals surface area contributed by atoms with E-state index in [1.807, 2.05) is 11.8 Å². The van der Waals surface area contributed by atoms with E-state index in [0.717, 1.165) is 0 Å². The fraction of sp³-hybridized carbons (Fsp3) is 0.667. The van der Waals surface area contributed by atoms with Gasteiger partial charge in [0, 0.05) is 0 Å². The number of rotatable bonds is 2. The zero-order chi connectivity index (χ0) is 8.10. The topological polar surface area (TPSA) is 17.1 Å². The quantitative estimate of drug-likeness (QED) is 0.591. The van der Waals surface area contributed by atoms with Gasteiger partial charge in [-0.15, -0.1) is 0 Å². The van der Waals surface area contributed by atoms with E-state index in [4.69, 9.17) is 0 Å². The SMILES string of the molecule is CC(=O)/C=C/C1CCCSC1. The van der Waals surface area contributed by atoms with Crippen molar-refractivity contribution in [1.82, 2.24) is 0 Å². The average Bonchev–Trinajstić information content (AvgIpc) is 2.03. The van der Waals surface area contributed by atoms with Crippen molar-refractivity contribution in [3.8, 4) is 0 Å². The van der Waals surface area contributed by atoms with Gasteiger partial charge in [-0.25, -0.2) is 0 Å². The fourth-order valence-electron chi connectivity index (χ4n) is 1.19. The first-order valence-electron chi connectivity index (χ1n) is 4.05. The first kappa shape index (κ1) is 8.85. The molecule has 0 amide bonds. The molecule has 1 fully saturated rings. The standard InChI is InChI=1S/C9H14OS/c1-8(10)4-5-9-3-2-6-11-7-9/h4-5,9H,2-3,6-7H2,1H3/b5-4+. The van der Waals surface area contributed by atoms with Crippen LogP contribution in [0.15, 0.2) is 12.2 Å². The number of carbonyl (C=O) groups is 1. The fourth-order valence-corrected chi connectivity index (χ4v) is 2.31. The first-order chi connectivity index (χ1) is 5.29. The Balaban J connectivity index is 2.29. The minimum Gasteiger partial charge on any atom is -0.295 e. The zero-order valence-electron chi connectivity index (χ0n) is 6.88. The summed E-state index contributed by atoms with van der Waals surface area (Å²) in [6.07, 6.45) is 6.33. The minimum atomic E-state index is 0.167. The van der Waals surface area contributed by atoms with E-state index >= 15 is 0 Å². The summed E-state index contributed by atoms with van der Waals surface area (Å²) in [5.41, 5.74) is 0. The highest BCUT2D eigenvalue weighted by Crippen LogP contribution is 2.23. The monoisotopic (exact) mass is 170 g/mol. The summed E-state index contributed by atoms with van der Waals surface area (Å²) in [7, 11) is 0. The molecule has 11 heavy (non-hydrogen) atoms. The molecular formula is C9H14OS. The maximum absolute atomic E-state index is 10.6. The Morgan fingerprint density at radius 1 is 1.64 bits per heavy atom. The summed E-state index contributed by atoms with van der Waals surface area (Å²) < 4.78 is 0. The van der Waals surface area contributed by atoms with Crippen LogP contribution in [0.5, 0.6) is 0 Å². The molecule has 0 bridgehead atoms. The second-order valence-electron chi connectivity index (χ2n) is 2.95. The van der Waals surface area contributed by atoms with Gasteiger partial charge in [0.25, 0.3) is 0 Å². The highest BCUT2D eigenvalue weighted by Gasteiger charge is 2.09. The van der Waals surface area contributed by atoms with Crippen molar-refractivity contribution in [1.29, 1.82) is 0 Å². The second kappa shape index (κ2) is 4.60. The Hall–Kier alpha value is -0.240. The van der Waals surface area contributed by atoms with E-state index in [0.29, 0.717) is 5.92 Å². The Morgan fingerprint density at radius 2 is 2.45 bits per heavy atom. The Bertz CT molecular complexity index is 157. The van der Waals surface area contributed by atoms with Crippen LogP contribution in [0.1, 0.15) is 19.8 Å². The molecule has 0 N–H and O–H groups in total. The lowest BCUT2D eigenvalue weighted by atomic mass is 10.0. The van der Waals surface area contributed by atoms with Crippen LogP contribution in [0.2, 0.25) is 0 Å². The number of hydrogen-bond donors (Lipinski definition) is 0. The highest BCUT2D eigenvalue weighted by molar-refractivity contribution is 7.99. The minimum absolute atomic E-state index is 0.167. The van der Waals surface area contributed by atoms with Crippen molar-refractivity contribution < 1.29 is 4.79 Å². The second-order valence-corrected chi connectivity index (χ2v) is 4.10. The predicted octanol–water partition coefficient (Wildman–Crippen LogP) is 2.27. The molecule has 0 saturated carbocycles. The Morgan fingerprint density at radius 3 is 3.00 bits per heavy atom. The molecule has 1 aliphatic rings. The third-order valence-corrected chi connectivity index (χ3v) is 3.04. The van der Waals surface area contributed by atoms with Crippen LogP contribution in [0.25, 0.3) is 0 Å². The molecule has 0 spiro atoms. The van der Waals surface area contributed by atoms with Crippen LogP contribution in [0.4, 0.5) is 0 Å². The summed E-state index contributed by atoms with van der Waals surface area (Å²) in [4.78, 5) is 10.6. The number of hydrogen-bond acceptors (Lipinski definition) is 2. The third kappa shape index (κ3) is 3.61. The molecule has 1 rings (SSSR count). The van der Waals surface area contributed by atoms with Crippen molar-refractivity contribution in [2.24, 2.45) is 5.92 Å². The summed E-state index contributed by atoms with van der Waals surface area (Å²) >= 11 is 1.99. The highest BCUT2D eigenvalue weighted by atomic mass is 32.2. The van der Waals surface area contributed by atoms with Gasteiger partial charge in [0.1, 0.15) is 0 Å². The molecule has 1 unspecified atom stereocenters. The predicted molar refractivity (Wildman–Crippen MR) is 49.9 cm³/mol. The molecule has 1 nitrogen and oxygen atoms in total. The summed E-state index contributed by atoms with van der Waals surface area (Å²) in [6, 6.07) is 0. The van der Waals surface area contributed by atoms with E-state index in [1.54, 1.807) is 13.0 Å². The zero-order valence-corrected chi connectivity index (χ0v) is 7.69. The Labute approximate surface area is 72.2 Å². The molecule has 1 aliphatic heterocycles. The lowest BCUT2D eigenvalue weighted by Gasteiger charge is -2.16. The normalized spacial score (nSPS) is 25.7. The summed E-state index contributed by atoms with van der Waals surface area (Å²) in [5.74, 6) is 3.31.